The van der Waals surface area contributed by atoms with Crippen LogP contribution in [0.5, 0.6) is 0 Å². The van der Waals surface area contributed by atoms with Crippen molar-refractivity contribution in [1.82, 2.24) is 4.90 Å². The summed E-state index contributed by atoms with van der Waals surface area (Å²) in [6.07, 6.45) is 9.68. The average Bonchev–Trinajstić information content (AvgIpc) is 2.73. The topological polar surface area (TPSA) is 57.6 Å². The molecule has 1 rings (SSSR count). The lowest BCUT2D eigenvalue weighted by atomic mass is 9.99. The van der Waals surface area contributed by atoms with Gasteiger partial charge in [0, 0.05) is 13.5 Å². The highest BCUT2D eigenvalue weighted by atomic mass is 16.3. The Labute approximate surface area is 140 Å². The second-order valence-electron chi connectivity index (χ2n) is 6.95. The molecule has 0 aromatic heterocycles. The molecular weight excluding hydrogens is 290 g/mol. The van der Waals surface area contributed by atoms with Crippen molar-refractivity contribution in [2.24, 2.45) is 5.92 Å². The highest BCUT2D eigenvalue weighted by Gasteiger charge is 2.37. The fourth-order valence-electron chi connectivity index (χ4n) is 2.93. The van der Waals surface area contributed by atoms with E-state index in [2.05, 4.69) is 13.8 Å². The molecule has 0 bridgehead atoms. The third-order valence-corrected chi connectivity index (χ3v) is 5.09. The van der Waals surface area contributed by atoms with Crippen LogP contribution in [0.4, 0.5) is 0 Å². The quantitative estimate of drug-likeness (QED) is 0.453. The minimum absolute atomic E-state index is 0.00792. The fraction of sp³-hybridized carbons (Fsp3) is 0.789. The predicted octanol–water partition coefficient (Wildman–Crippen LogP) is 4.40. The van der Waals surface area contributed by atoms with Crippen LogP contribution in [0.15, 0.2) is 11.3 Å². The number of rotatable bonds is 11. The first-order chi connectivity index (χ1) is 10.9. The molecule has 4 nitrogen and oxygen atoms in total. The molecule has 0 aromatic rings. The molecular formula is C19H33NO3. The van der Waals surface area contributed by atoms with Crippen molar-refractivity contribution in [3.8, 4) is 0 Å². The van der Waals surface area contributed by atoms with E-state index in [1.165, 1.54) is 37.0 Å². The lowest BCUT2D eigenvalue weighted by Crippen LogP contribution is -2.30. The third kappa shape index (κ3) is 5.67. The largest absolute Gasteiger partial charge is 0.509 e. The van der Waals surface area contributed by atoms with Crippen molar-refractivity contribution in [1.29, 1.82) is 0 Å². The van der Waals surface area contributed by atoms with Gasteiger partial charge in [-0.05, 0) is 19.3 Å². The summed E-state index contributed by atoms with van der Waals surface area (Å²) in [5, 5.41) is 9.93. The zero-order valence-corrected chi connectivity index (χ0v) is 15.2. The van der Waals surface area contributed by atoms with Crippen LogP contribution in [0.3, 0.4) is 0 Å². The van der Waals surface area contributed by atoms with Crippen LogP contribution in [0.1, 0.15) is 78.6 Å². The molecule has 0 saturated carbocycles. The van der Waals surface area contributed by atoms with Gasteiger partial charge in [-0.3, -0.25) is 9.59 Å². The molecule has 0 saturated heterocycles. The van der Waals surface area contributed by atoms with Gasteiger partial charge in [0.15, 0.2) is 5.78 Å². The van der Waals surface area contributed by atoms with Crippen molar-refractivity contribution in [2.45, 2.75) is 84.6 Å². The summed E-state index contributed by atoms with van der Waals surface area (Å²) in [5.74, 6) is 0.219. The van der Waals surface area contributed by atoms with Gasteiger partial charge in [0.05, 0.1) is 6.04 Å². The lowest BCUT2D eigenvalue weighted by molar-refractivity contribution is -0.128. The molecule has 0 radical (unpaired) electrons. The molecule has 4 heteroatoms. The molecule has 0 fully saturated rings. The van der Waals surface area contributed by atoms with Crippen molar-refractivity contribution < 1.29 is 14.7 Å². The van der Waals surface area contributed by atoms with E-state index < -0.39 is 0 Å². The van der Waals surface area contributed by atoms with Crippen LogP contribution in [-0.2, 0) is 9.59 Å². The van der Waals surface area contributed by atoms with Gasteiger partial charge in [0.25, 0.3) is 5.91 Å². The Morgan fingerprint density at radius 3 is 2.26 bits per heavy atom. The maximum absolute atomic E-state index is 12.1. The van der Waals surface area contributed by atoms with Gasteiger partial charge >= 0.3 is 0 Å². The highest BCUT2D eigenvalue weighted by molar-refractivity contribution is 6.21. The maximum atomic E-state index is 12.1. The fourth-order valence-corrected chi connectivity index (χ4v) is 2.93. The monoisotopic (exact) mass is 323 g/mol. The molecule has 132 valence electrons. The van der Waals surface area contributed by atoms with Crippen LogP contribution in [0.2, 0.25) is 0 Å². The number of hydrogen-bond donors (Lipinski definition) is 1. The minimum atomic E-state index is -0.382. The zero-order valence-electron chi connectivity index (χ0n) is 15.2. The SMILES string of the molecule is CC[C@@H](C)CCCCCCCCC(=O)C1=C(O)[C@H](C)N(C)C1=O. The molecule has 2 atom stereocenters. The van der Waals surface area contributed by atoms with Gasteiger partial charge in [-0.15, -0.1) is 0 Å². The molecule has 1 aliphatic rings. The van der Waals surface area contributed by atoms with Gasteiger partial charge in [-0.2, -0.15) is 0 Å². The molecule has 0 spiro atoms. The highest BCUT2D eigenvalue weighted by Crippen LogP contribution is 2.24. The third-order valence-electron chi connectivity index (χ3n) is 5.09. The molecule has 1 amide bonds. The molecule has 1 heterocycles. The first-order valence-electron chi connectivity index (χ1n) is 9.13. The van der Waals surface area contributed by atoms with Crippen LogP contribution >= 0.6 is 0 Å². The first-order valence-corrected chi connectivity index (χ1v) is 9.13. The van der Waals surface area contributed by atoms with Crippen LogP contribution in [0, 0.1) is 5.92 Å². The molecule has 0 aliphatic carbocycles. The summed E-state index contributed by atoms with van der Waals surface area (Å²) < 4.78 is 0. The second-order valence-corrected chi connectivity index (χ2v) is 6.95. The summed E-state index contributed by atoms with van der Waals surface area (Å²) in [7, 11) is 1.61. The number of Topliss-reactive ketones (excluding diaryl/α,β-unsaturated/α-hetero) is 1. The Balaban J connectivity index is 2.17. The van der Waals surface area contributed by atoms with E-state index >= 15 is 0 Å². The van der Waals surface area contributed by atoms with Crippen molar-refractivity contribution >= 4 is 11.7 Å². The Hall–Kier alpha value is -1.32. The van der Waals surface area contributed by atoms with Gasteiger partial charge in [-0.1, -0.05) is 58.8 Å². The number of carbonyl (C=O) groups excluding carboxylic acids is 2. The van der Waals surface area contributed by atoms with Gasteiger partial charge < -0.3 is 10.0 Å². The summed E-state index contributed by atoms with van der Waals surface area (Å²) in [6.45, 7) is 6.27. The molecule has 23 heavy (non-hydrogen) atoms. The van der Waals surface area contributed by atoms with E-state index in [-0.39, 0.29) is 29.1 Å². The maximum Gasteiger partial charge on any atom is 0.261 e. The first kappa shape index (κ1) is 19.7. The van der Waals surface area contributed by atoms with Crippen LogP contribution < -0.4 is 0 Å². The van der Waals surface area contributed by atoms with Gasteiger partial charge in [0.1, 0.15) is 11.3 Å². The molecule has 1 N–H and O–H groups in total. The van der Waals surface area contributed by atoms with E-state index in [4.69, 9.17) is 0 Å². The number of carbonyl (C=O) groups is 2. The van der Waals surface area contributed by atoms with E-state index in [9.17, 15) is 14.7 Å². The molecule has 0 aromatic carbocycles. The van der Waals surface area contributed by atoms with Crippen LogP contribution in [-0.4, -0.2) is 34.8 Å². The predicted molar refractivity (Wildman–Crippen MR) is 93.3 cm³/mol. The minimum Gasteiger partial charge on any atom is -0.509 e. The lowest BCUT2D eigenvalue weighted by Gasteiger charge is -2.14. The number of unbranched alkanes of at least 4 members (excludes halogenated alkanes) is 5. The second kappa shape index (κ2) is 9.74. The van der Waals surface area contributed by atoms with Gasteiger partial charge in [-0.25, -0.2) is 0 Å². The number of likely N-dealkylation sites (N-methyl/N-ethyl adjacent to an activating group) is 1. The number of amides is 1. The zero-order chi connectivity index (χ0) is 17.4. The smallest absolute Gasteiger partial charge is 0.261 e. The normalized spacial score (nSPS) is 19.6. The Bertz CT molecular complexity index is 442. The average molecular weight is 323 g/mol. The van der Waals surface area contributed by atoms with E-state index in [0.29, 0.717) is 6.42 Å². The Morgan fingerprint density at radius 2 is 1.74 bits per heavy atom. The van der Waals surface area contributed by atoms with Crippen molar-refractivity contribution in [3.05, 3.63) is 11.3 Å². The Kier molecular flexibility index (Phi) is 8.35. The van der Waals surface area contributed by atoms with E-state index in [1.807, 2.05) is 0 Å². The van der Waals surface area contributed by atoms with E-state index in [0.717, 1.165) is 25.2 Å². The van der Waals surface area contributed by atoms with Gasteiger partial charge in [0.2, 0.25) is 0 Å². The number of ketones is 1. The number of nitrogens with zero attached hydrogens (tertiary/aromatic N) is 1. The van der Waals surface area contributed by atoms with Crippen molar-refractivity contribution in [2.75, 3.05) is 7.05 Å². The summed E-state index contributed by atoms with van der Waals surface area (Å²) in [4.78, 5) is 25.5. The summed E-state index contributed by atoms with van der Waals surface area (Å²) >= 11 is 0. The standard InChI is InChI=1S/C19H33NO3/c1-5-14(2)12-10-8-6-7-9-11-13-16(21)17-18(22)15(3)20(4)19(17)23/h14-15,22H,5-13H2,1-4H3/t14-,15+/m1/s1. The Morgan fingerprint density at radius 1 is 1.17 bits per heavy atom. The summed E-state index contributed by atoms with van der Waals surface area (Å²) in [6, 6.07) is -0.382. The summed E-state index contributed by atoms with van der Waals surface area (Å²) in [5.41, 5.74) is 0.00792. The van der Waals surface area contributed by atoms with Crippen LogP contribution in [0.25, 0.3) is 0 Å². The number of aliphatic hydroxyl groups excluding tert-OH is 1. The van der Waals surface area contributed by atoms with Crippen molar-refractivity contribution in [3.63, 3.8) is 0 Å². The number of aliphatic hydroxyl groups is 1. The molecule has 0 unspecified atom stereocenters. The van der Waals surface area contributed by atoms with E-state index in [1.54, 1.807) is 14.0 Å². The molecule has 1 aliphatic heterocycles. The number of hydrogen-bond acceptors (Lipinski definition) is 3.